The molecule has 0 heterocycles. The summed E-state index contributed by atoms with van der Waals surface area (Å²) < 4.78 is 39.9. The first kappa shape index (κ1) is 13.9. The van der Waals surface area contributed by atoms with Crippen molar-refractivity contribution in [2.24, 2.45) is 0 Å². The van der Waals surface area contributed by atoms with E-state index in [1.807, 2.05) is 0 Å². The summed E-state index contributed by atoms with van der Waals surface area (Å²) in [6.07, 6.45) is 0. The number of carboxylic acids is 1. The first-order chi connectivity index (χ1) is 9.38. The van der Waals surface area contributed by atoms with E-state index in [4.69, 9.17) is 5.11 Å². The quantitative estimate of drug-likeness (QED) is 0.898. The Hall–Kier alpha value is -2.50. The highest BCUT2D eigenvalue weighted by Gasteiger charge is 2.16. The molecule has 0 saturated carbocycles. The second-order valence-electron chi connectivity index (χ2n) is 4.22. The Morgan fingerprint density at radius 2 is 1.70 bits per heavy atom. The third-order valence-corrected chi connectivity index (χ3v) is 2.67. The Kier molecular flexibility index (Phi) is 3.65. The molecule has 2 rings (SSSR count). The Bertz CT molecular complexity index is 663. The minimum absolute atomic E-state index is 0.0295. The molecule has 0 aliphatic rings. The van der Waals surface area contributed by atoms with Gasteiger partial charge in [-0.15, -0.1) is 0 Å². The molecule has 2 aromatic carbocycles. The number of halogens is 3. The highest BCUT2D eigenvalue weighted by Crippen LogP contribution is 2.27. The van der Waals surface area contributed by atoms with Crippen LogP contribution in [0, 0.1) is 24.4 Å². The highest BCUT2D eigenvalue weighted by atomic mass is 19.1. The molecule has 2 N–H and O–H groups in total. The van der Waals surface area contributed by atoms with Crippen molar-refractivity contribution in [1.82, 2.24) is 0 Å². The van der Waals surface area contributed by atoms with E-state index in [2.05, 4.69) is 5.32 Å². The molecule has 0 bridgehead atoms. The van der Waals surface area contributed by atoms with Crippen molar-refractivity contribution >= 4 is 17.3 Å². The number of hydrogen-bond acceptors (Lipinski definition) is 2. The van der Waals surface area contributed by atoms with Gasteiger partial charge in [-0.3, -0.25) is 0 Å². The van der Waals surface area contributed by atoms with Crippen molar-refractivity contribution < 1.29 is 23.1 Å². The molecular weight excluding hydrogens is 271 g/mol. The third kappa shape index (κ3) is 2.74. The Balaban J connectivity index is 2.50. The predicted octanol–water partition coefficient (Wildman–Crippen LogP) is 3.85. The Morgan fingerprint density at radius 1 is 1.10 bits per heavy atom. The zero-order valence-corrected chi connectivity index (χ0v) is 10.4. The molecule has 0 saturated heterocycles. The molecule has 0 unspecified atom stereocenters. The summed E-state index contributed by atoms with van der Waals surface area (Å²) in [5.74, 6) is -4.57. The molecule has 3 nitrogen and oxygen atoms in total. The van der Waals surface area contributed by atoms with E-state index in [1.165, 1.54) is 12.1 Å². The monoisotopic (exact) mass is 281 g/mol. The van der Waals surface area contributed by atoms with Crippen LogP contribution in [-0.2, 0) is 0 Å². The first-order valence-corrected chi connectivity index (χ1v) is 5.64. The van der Waals surface area contributed by atoms with Gasteiger partial charge in [0.05, 0.1) is 11.3 Å². The van der Waals surface area contributed by atoms with Crippen LogP contribution in [-0.4, -0.2) is 11.1 Å². The van der Waals surface area contributed by atoms with Crippen molar-refractivity contribution in [2.45, 2.75) is 6.92 Å². The summed E-state index contributed by atoms with van der Waals surface area (Å²) >= 11 is 0. The Labute approximate surface area is 112 Å². The van der Waals surface area contributed by atoms with Gasteiger partial charge in [-0.05, 0) is 24.6 Å². The number of nitrogens with one attached hydrogen (secondary N) is 1. The summed E-state index contributed by atoms with van der Waals surface area (Å²) in [7, 11) is 0. The van der Waals surface area contributed by atoms with Gasteiger partial charge in [-0.25, -0.2) is 18.0 Å². The van der Waals surface area contributed by atoms with Gasteiger partial charge in [-0.2, -0.15) is 0 Å². The fourth-order valence-corrected chi connectivity index (χ4v) is 1.74. The predicted molar refractivity (Wildman–Crippen MR) is 67.7 cm³/mol. The van der Waals surface area contributed by atoms with Crippen LogP contribution in [0.4, 0.5) is 24.5 Å². The van der Waals surface area contributed by atoms with Crippen LogP contribution >= 0.6 is 0 Å². The van der Waals surface area contributed by atoms with Crippen molar-refractivity contribution in [3.05, 3.63) is 58.9 Å². The van der Waals surface area contributed by atoms with Gasteiger partial charge >= 0.3 is 5.97 Å². The highest BCUT2D eigenvalue weighted by molar-refractivity contribution is 5.95. The number of anilines is 2. The van der Waals surface area contributed by atoms with Gasteiger partial charge in [0, 0.05) is 12.1 Å². The molecule has 104 valence electrons. The summed E-state index contributed by atoms with van der Waals surface area (Å²) in [6, 6.07) is 5.35. The van der Waals surface area contributed by atoms with Crippen LogP contribution in [0.1, 0.15) is 15.9 Å². The Morgan fingerprint density at radius 3 is 2.25 bits per heavy atom. The number of aryl methyl sites for hydroxylation is 1. The van der Waals surface area contributed by atoms with E-state index in [0.717, 1.165) is 0 Å². The lowest BCUT2D eigenvalue weighted by Gasteiger charge is -2.12. The van der Waals surface area contributed by atoms with E-state index < -0.39 is 29.1 Å². The lowest BCUT2D eigenvalue weighted by atomic mass is 10.1. The maximum absolute atomic E-state index is 13.5. The molecule has 0 aromatic heterocycles. The molecule has 6 heteroatoms. The van der Waals surface area contributed by atoms with Crippen molar-refractivity contribution in [3.8, 4) is 0 Å². The molecule has 20 heavy (non-hydrogen) atoms. The number of rotatable bonds is 3. The van der Waals surface area contributed by atoms with Gasteiger partial charge in [0.1, 0.15) is 11.5 Å². The number of carboxylic acid groups (broad SMARTS) is 1. The molecule has 0 atom stereocenters. The van der Waals surface area contributed by atoms with Crippen molar-refractivity contribution in [1.29, 1.82) is 0 Å². The smallest absolute Gasteiger partial charge is 0.337 e. The average molecular weight is 281 g/mol. The summed E-state index contributed by atoms with van der Waals surface area (Å²) in [6.45, 7) is 1.70. The molecule has 2 aromatic rings. The van der Waals surface area contributed by atoms with Crippen molar-refractivity contribution in [2.75, 3.05) is 5.32 Å². The largest absolute Gasteiger partial charge is 0.478 e. The standard InChI is InChI=1S/C14H10F3NO2/c1-7-2-3-9(14(19)20)12(4-7)18-13-10(16)5-8(15)6-11(13)17/h2-6,18H,1H3,(H,19,20). The summed E-state index contributed by atoms with van der Waals surface area (Å²) in [4.78, 5) is 11.1. The zero-order chi connectivity index (χ0) is 14.9. The molecule has 0 aliphatic carbocycles. The number of aromatic carboxylic acids is 1. The van der Waals surface area contributed by atoms with E-state index in [-0.39, 0.29) is 11.3 Å². The minimum atomic E-state index is -1.24. The van der Waals surface area contributed by atoms with Gasteiger partial charge < -0.3 is 10.4 Å². The summed E-state index contributed by atoms with van der Waals surface area (Å²) in [5, 5.41) is 11.4. The van der Waals surface area contributed by atoms with Crippen molar-refractivity contribution in [3.63, 3.8) is 0 Å². The average Bonchev–Trinajstić information content (AvgIpc) is 2.33. The van der Waals surface area contributed by atoms with Gasteiger partial charge in [0.2, 0.25) is 0 Å². The SMILES string of the molecule is Cc1ccc(C(=O)O)c(Nc2c(F)cc(F)cc2F)c1. The molecular formula is C14H10F3NO2. The maximum Gasteiger partial charge on any atom is 0.337 e. The van der Waals surface area contributed by atoms with Gasteiger partial charge in [0.15, 0.2) is 11.6 Å². The molecule has 0 amide bonds. The van der Waals surface area contributed by atoms with Crippen LogP contribution in [0.2, 0.25) is 0 Å². The zero-order valence-electron chi connectivity index (χ0n) is 10.4. The maximum atomic E-state index is 13.5. The number of hydrogen-bond donors (Lipinski definition) is 2. The van der Waals surface area contributed by atoms with Crippen LogP contribution in [0.25, 0.3) is 0 Å². The van der Waals surface area contributed by atoms with Crippen LogP contribution < -0.4 is 5.32 Å². The lowest BCUT2D eigenvalue weighted by Crippen LogP contribution is -2.05. The third-order valence-electron chi connectivity index (χ3n) is 2.67. The molecule has 0 spiro atoms. The van der Waals surface area contributed by atoms with E-state index in [0.29, 0.717) is 17.7 Å². The second kappa shape index (κ2) is 5.24. The van der Waals surface area contributed by atoms with E-state index in [9.17, 15) is 18.0 Å². The van der Waals surface area contributed by atoms with E-state index >= 15 is 0 Å². The molecule has 0 fully saturated rings. The first-order valence-electron chi connectivity index (χ1n) is 5.64. The summed E-state index contributed by atoms with van der Waals surface area (Å²) in [5.41, 5.74) is 0.000520. The van der Waals surface area contributed by atoms with Gasteiger partial charge in [-0.1, -0.05) is 6.07 Å². The van der Waals surface area contributed by atoms with Crippen LogP contribution in [0.15, 0.2) is 30.3 Å². The molecule has 0 aliphatic heterocycles. The lowest BCUT2D eigenvalue weighted by molar-refractivity contribution is 0.0698. The topological polar surface area (TPSA) is 49.3 Å². The minimum Gasteiger partial charge on any atom is -0.478 e. The van der Waals surface area contributed by atoms with Gasteiger partial charge in [0.25, 0.3) is 0 Å². The van der Waals surface area contributed by atoms with E-state index in [1.54, 1.807) is 13.0 Å². The fraction of sp³-hybridized carbons (Fsp3) is 0.0714. The number of carbonyl (C=O) groups is 1. The normalized spacial score (nSPS) is 10.4. The van der Waals surface area contributed by atoms with Crippen LogP contribution in [0.3, 0.4) is 0 Å². The molecule has 0 radical (unpaired) electrons. The fourth-order valence-electron chi connectivity index (χ4n) is 1.74. The van der Waals surface area contributed by atoms with Crippen LogP contribution in [0.5, 0.6) is 0 Å². The second-order valence-corrected chi connectivity index (χ2v) is 4.22. The number of benzene rings is 2.